The lowest BCUT2D eigenvalue weighted by molar-refractivity contribution is -0.116. The highest BCUT2D eigenvalue weighted by molar-refractivity contribution is 5.90. The summed E-state index contributed by atoms with van der Waals surface area (Å²) in [7, 11) is 0. The lowest BCUT2D eigenvalue weighted by Gasteiger charge is -2.09. The van der Waals surface area contributed by atoms with Crippen LogP contribution in [0, 0.1) is 5.92 Å². The van der Waals surface area contributed by atoms with E-state index in [2.05, 4.69) is 20.5 Å². The number of aromatic nitrogens is 3. The summed E-state index contributed by atoms with van der Waals surface area (Å²) >= 11 is 0. The van der Waals surface area contributed by atoms with Crippen molar-refractivity contribution in [1.82, 2.24) is 15.2 Å². The number of H-pyrrole nitrogens is 1. The lowest BCUT2D eigenvalue weighted by Crippen LogP contribution is -2.12. The number of rotatable bonds is 6. The molecule has 1 heterocycles. The van der Waals surface area contributed by atoms with Crippen molar-refractivity contribution >= 4 is 24.0 Å². The standard InChI is InChI=1S/C17H23N5O.ClH/c18-11-15-20-17(22-21-15)13-6-8-14(9-7-13)19-16(23)10-5-12-3-1-2-4-12;/h6-9,12H,1-5,10-11,18H2,(H,19,23)(H,20,21,22);1H. The van der Waals surface area contributed by atoms with Crippen molar-refractivity contribution in [2.45, 2.75) is 45.1 Å². The van der Waals surface area contributed by atoms with Crippen LogP contribution in [-0.4, -0.2) is 21.1 Å². The normalized spacial score (nSPS) is 14.4. The third kappa shape index (κ3) is 4.79. The fraction of sp³-hybridized carbons (Fsp3) is 0.471. The third-order valence-corrected chi connectivity index (χ3v) is 4.41. The Morgan fingerprint density at radius 1 is 1.25 bits per heavy atom. The van der Waals surface area contributed by atoms with Gasteiger partial charge >= 0.3 is 0 Å². The first-order chi connectivity index (χ1) is 11.2. The van der Waals surface area contributed by atoms with E-state index in [-0.39, 0.29) is 18.3 Å². The van der Waals surface area contributed by atoms with Crippen LogP contribution in [0.15, 0.2) is 24.3 Å². The molecule has 1 saturated carbocycles. The average molecular weight is 350 g/mol. The lowest BCUT2D eigenvalue weighted by atomic mass is 10.0. The number of halogens is 1. The van der Waals surface area contributed by atoms with E-state index in [1.807, 2.05) is 24.3 Å². The van der Waals surface area contributed by atoms with Crippen molar-refractivity contribution < 1.29 is 4.79 Å². The summed E-state index contributed by atoms with van der Waals surface area (Å²) in [6, 6.07) is 7.55. The summed E-state index contributed by atoms with van der Waals surface area (Å²) in [5, 5.41) is 9.86. The zero-order valence-corrected chi connectivity index (χ0v) is 14.4. The number of carbonyl (C=O) groups is 1. The number of carbonyl (C=O) groups excluding carboxylic acids is 1. The Bertz CT molecular complexity index is 649. The summed E-state index contributed by atoms with van der Waals surface area (Å²) in [5.41, 5.74) is 7.21. The second kappa shape index (κ2) is 8.80. The maximum atomic E-state index is 12.0. The van der Waals surface area contributed by atoms with Gasteiger partial charge in [-0.05, 0) is 36.6 Å². The summed E-state index contributed by atoms with van der Waals surface area (Å²) in [5.74, 6) is 2.10. The molecule has 0 saturated heterocycles. The number of nitrogens with two attached hydrogens (primary N) is 1. The summed E-state index contributed by atoms with van der Waals surface area (Å²) in [6.45, 7) is 0.335. The molecule has 1 aliphatic carbocycles. The molecule has 7 heteroatoms. The summed E-state index contributed by atoms with van der Waals surface area (Å²) in [4.78, 5) is 16.3. The van der Waals surface area contributed by atoms with Gasteiger partial charge in [0, 0.05) is 17.7 Å². The van der Waals surface area contributed by atoms with Gasteiger partial charge in [0.2, 0.25) is 5.91 Å². The Balaban J connectivity index is 0.00000208. The van der Waals surface area contributed by atoms with E-state index < -0.39 is 0 Å². The minimum atomic E-state index is 0. The molecule has 0 radical (unpaired) electrons. The zero-order chi connectivity index (χ0) is 16.1. The van der Waals surface area contributed by atoms with Gasteiger partial charge in [-0.2, -0.15) is 5.10 Å². The number of hydrogen-bond acceptors (Lipinski definition) is 4. The van der Waals surface area contributed by atoms with Gasteiger partial charge in [-0.15, -0.1) is 12.4 Å². The van der Waals surface area contributed by atoms with E-state index in [1.165, 1.54) is 25.7 Å². The van der Waals surface area contributed by atoms with Crippen LogP contribution in [0.5, 0.6) is 0 Å². The molecule has 1 amide bonds. The fourth-order valence-corrected chi connectivity index (χ4v) is 3.08. The van der Waals surface area contributed by atoms with Gasteiger partial charge in [0.15, 0.2) is 5.82 Å². The van der Waals surface area contributed by atoms with E-state index in [9.17, 15) is 4.79 Å². The van der Waals surface area contributed by atoms with Crippen LogP contribution in [0.3, 0.4) is 0 Å². The van der Waals surface area contributed by atoms with Crippen molar-refractivity contribution in [3.8, 4) is 11.4 Å². The van der Waals surface area contributed by atoms with Crippen molar-refractivity contribution in [3.05, 3.63) is 30.1 Å². The Kier molecular flexibility index (Phi) is 6.75. The molecule has 0 unspecified atom stereocenters. The van der Waals surface area contributed by atoms with E-state index in [0.717, 1.165) is 23.6 Å². The average Bonchev–Trinajstić information content (AvgIpc) is 3.25. The molecular formula is C17H24ClN5O. The van der Waals surface area contributed by atoms with E-state index in [0.29, 0.717) is 24.6 Å². The highest BCUT2D eigenvalue weighted by Gasteiger charge is 2.16. The number of nitrogens with zero attached hydrogens (tertiary/aromatic N) is 2. The van der Waals surface area contributed by atoms with Crippen LogP contribution in [0.25, 0.3) is 11.4 Å². The van der Waals surface area contributed by atoms with Crippen LogP contribution < -0.4 is 11.1 Å². The van der Waals surface area contributed by atoms with Crippen LogP contribution in [0.2, 0.25) is 0 Å². The molecule has 0 bridgehead atoms. The molecule has 1 aromatic carbocycles. The monoisotopic (exact) mass is 349 g/mol. The Labute approximate surface area is 148 Å². The molecule has 1 fully saturated rings. The number of hydrogen-bond donors (Lipinski definition) is 3. The number of nitrogens with one attached hydrogen (secondary N) is 2. The molecule has 130 valence electrons. The van der Waals surface area contributed by atoms with E-state index in [1.54, 1.807) is 0 Å². The Morgan fingerprint density at radius 3 is 2.58 bits per heavy atom. The first-order valence-electron chi connectivity index (χ1n) is 8.26. The zero-order valence-electron chi connectivity index (χ0n) is 13.6. The molecular weight excluding hydrogens is 326 g/mol. The number of anilines is 1. The molecule has 3 rings (SSSR count). The second-order valence-electron chi connectivity index (χ2n) is 6.12. The van der Waals surface area contributed by atoms with Crippen molar-refractivity contribution in [3.63, 3.8) is 0 Å². The minimum Gasteiger partial charge on any atom is -0.326 e. The maximum absolute atomic E-state index is 12.0. The third-order valence-electron chi connectivity index (χ3n) is 4.41. The van der Waals surface area contributed by atoms with Gasteiger partial charge in [-0.3, -0.25) is 9.89 Å². The van der Waals surface area contributed by atoms with Crippen molar-refractivity contribution in [2.75, 3.05) is 5.32 Å². The smallest absolute Gasteiger partial charge is 0.224 e. The molecule has 1 aromatic heterocycles. The molecule has 0 spiro atoms. The Morgan fingerprint density at radius 2 is 1.96 bits per heavy atom. The summed E-state index contributed by atoms with van der Waals surface area (Å²) < 4.78 is 0. The van der Waals surface area contributed by atoms with Crippen LogP contribution in [0.4, 0.5) is 5.69 Å². The maximum Gasteiger partial charge on any atom is 0.224 e. The van der Waals surface area contributed by atoms with E-state index in [4.69, 9.17) is 5.73 Å². The number of aromatic amines is 1. The van der Waals surface area contributed by atoms with Crippen molar-refractivity contribution in [1.29, 1.82) is 0 Å². The van der Waals surface area contributed by atoms with Gasteiger partial charge in [-0.1, -0.05) is 25.7 Å². The first-order valence-corrected chi connectivity index (χ1v) is 8.26. The van der Waals surface area contributed by atoms with Gasteiger partial charge in [0.1, 0.15) is 5.82 Å². The summed E-state index contributed by atoms with van der Waals surface area (Å²) in [6.07, 6.45) is 6.81. The van der Waals surface area contributed by atoms with Gasteiger partial charge in [-0.25, -0.2) is 4.98 Å². The molecule has 1 aliphatic rings. The molecule has 4 N–H and O–H groups in total. The van der Waals surface area contributed by atoms with Crippen LogP contribution in [0.1, 0.15) is 44.3 Å². The fourth-order valence-electron chi connectivity index (χ4n) is 3.08. The largest absolute Gasteiger partial charge is 0.326 e. The quantitative estimate of drug-likeness (QED) is 0.745. The highest BCUT2D eigenvalue weighted by atomic mass is 35.5. The highest BCUT2D eigenvalue weighted by Crippen LogP contribution is 2.28. The molecule has 0 aliphatic heterocycles. The van der Waals surface area contributed by atoms with E-state index >= 15 is 0 Å². The molecule has 24 heavy (non-hydrogen) atoms. The minimum absolute atomic E-state index is 0. The molecule has 6 nitrogen and oxygen atoms in total. The molecule has 0 atom stereocenters. The van der Waals surface area contributed by atoms with Gasteiger partial charge in [0.25, 0.3) is 0 Å². The Hall–Kier alpha value is -1.92. The van der Waals surface area contributed by atoms with Gasteiger partial charge < -0.3 is 11.1 Å². The topological polar surface area (TPSA) is 96.7 Å². The second-order valence-corrected chi connectivity index (χ2v) is 6.12. The first kappa shape index (κ1) is 18.4. The van der Waals surface area contributed by atoms with Crippen LogP contribution >= 0.6 is 12.4 Å². The number of amides is 1. The number of benzene rings is 1. The molecule has 2 aromatic rings. The van der Waals surface area contributed by atoms with Gasteiger partial charge in [0.05, 0.1) is 6.54 Å². The predicted molar refractivity (Wildman–Crippen MR) is 96.8 cm³/mol. The predicted octanol–water partition coefficient (Wildman–Crippen LogP) is 3.26. The SMILES string of the molecule is Cl.NCc1nc(-c2ccc(NC(=O)CCC3CCCC3)cc2)n[nH]1. The van der Waals surface area contributed by atoms with Crippen molar-refractivity contribution in [2.24, 2.45) is 11.7 Å². The van der Waals surface area contributed by atoms with Crippen LogP contribution in [-0.2, 0) is 11.3 Å².